The normalized spacial score (nSPS) is 10.2. The number of anilines is 4. The highest BCUT2D eigenvalue weighted by atomic mass is 16.1. The number of nitrogen functional groups attached to an aromatic ring is 4. The number of nitrogens with two attached hydrogens (primary N) is 4. The number of fused-ring (bicyclic) bond motifs is 2. The first-order chi connectivity index (χ1) is 17.6. The van der Waals surface area contributed by atoms with Crippen LogP contribution in [0.2, 0.25) is 0 Å². The Labute approximate surface area is 222 Å². The largest absolute Gasteiger partial charge is 0.383 e. The van der Waals surface area contributed by atoms with Gasteiger partial charge in [-0.05, 0) is 68.9 Å². The second-order valence-electron chi connectivity index (χ2n) is 8.14. The van der Waals surface area contributed by atoms with E-state index in [1.54, 1.807) is 24.3 Å². The molecule has 0 aliphatic rings. The van der Waals surface area contributed by atoms with Crippen molar-refractivity contribution in [1.82, 2.24) is 31.0 Å². The van der Waals surface area contributed by atoms with E-state index >= 15 is 0 Å². The van der Waals surface area contributed by atoms with Gasteiger partial charge < -0.3 is 34.0 Å². The van der Waals surface area contributed by atoms with Crippen molar-refractivity contribution in [1.29, 1.82) is 0 Å². The molecule has 0 saturated carbocycles. The van der Waals surface area contributed by atoms with E-state index in [1.165, 1.54) is 19.6 Å². The van der Waals surface area contributed by atoms with E-state index in [0.717, 1.165) is 23.7 Å². The van der Waals surface area contributed by atoms with Crippen LogP contribution in [-0.2, 0) is 0 Å². The number of hydrogen-bond donors (Lipinski definition) is 5. The van der Waals surface area contributed by atoms with Crippen LogP contribution in [0, 0.1) is 13.8 Å². The van der Waals surface area contributed by atoms with Gasteiger partial charge in [-0.1, -0.05) is 20.8 Å². The van der Waals surface area contributed by atoms with Gasteiger partial charge >= 0.3 is 0 Å². The molecule has 0 atom stereocenters. The van der Waals surface area contributed by atoms with Gasteiger partial charge in [0.05, 0.1) is 11.0 Å². The average Bonchev–Trinajstić information content (AvgIpc) is 2.85. The zero-order valence-corrected chi connectivity index (χ0v) is 22.7. The van der Waals surface area contributed by atoms with E-state index in [9.17, 15) is 9.59 Å². The molecule has 38 heavy (non-hydrogen) atoms. The Kier molecular flexibility index (Phi) is 11.9. The second kappa shape index (κ2) is 14.4. The maximum absolute atomic E-state index is 10.7. The minimum Gasteiger partial charge on any atom is -0.383 e. The minimum atomic E-state index is 0. The second-order valence-corrected chi connectivity index (χ2v) is 8.14. The Balaban J connectivity index is 0.000000301. The fourth-order valence-corrected chi connectivity index (χ4v) is 3.84. The molecule has 2 aromatic heterocycles. The zero-order valence-electron chi connectivity index (χ0n) is 22.7. The van der Waals surface area contributed by atoms with E-state index < -0.39 is 0 Å². The SMILES string of the molecule is CCN(CC)CC.Cc1c(C=O)ccc2nc(N)nc(N)c12.Cc1c(C=O)ccc2nc(N)nc(N)c12.N. The molecule has 0 unspecified atom stereocenters. The van der Waals surface area contributed by atoms with Gasteiger partial charge in [-0.3, -0.25) is 9.59 Å². The molecule has 0 radical (unpaired) electrons. The van der Waals surface area contributed by atoms with E-state index in [2.05, 4.69) is 45.6 Å². The van der Waals surface area contributed by atoms with Crippen LogP contribution < -0.4 is 29.1 Å². The van der Waals surface area contributed by atoms with E-state index in [4.69, 9.17) is 22.9 Å². The molecule has 0 spiro atoms. The predicted molar refractivity (Wildman–Crippen MR) is 155 cm³/mol. The van der Waals surface area contributed by atoms with Crippen LogP contribution >= 0.6 is 0 Å². The molecule has 12 nitrogen and oxygen atoms in total. The van der Waals surface area contributed by atoms with E-state index in [0.29, 0.717) is 44.6 Å². The number of hydrogen-bond acceptors (Lipinski definition) is 12. The van der Waals surface area contributed by atoms with Gasteiger partial charge in [-0.25, -0.2) is 9.97 Å². The minimum absolute atomic E-state index is 0. The summed E-state index contributed by atoms with van der Waals surface area (Å²) >= 11 is 0. The van der Waals surface area contributed by atoms with Crippen LogP contribution in [0.3, 0.4) is 0 Å². The van der Waals surface area contributed by atoms with Gasteiger partial charge in [0, 0.05) is 21.9 Å². The molecule has 204 valence electrons. The lowest BCUT2D eigenvalue weighted by Gasteiger charge is -2.13. The summed E-state index contributed by atoms with van der Waals surface area (Å²) in [5.74, 6) is 0.883. The van der Waals surface area contributed by atoms with E-state index in [-0.39, 0.29) is 18.0 Å². The third kappa shape index (κ3) is 7.31. The quantitative estimate of drug-likeness (QED) is 0.238. The van der Waals surface area contributed by atoms with Gasteiger partial charge in [0.25, 0.3) is 0 Å². The number of aryl methyl sites for hydroxylation is 2. The average molecular weight is 523 g/mol. The van der Waals surface area contributed by atoms with Crippen molar-refractivity contribution >= 4 is 57.9 Å². The lowest BCUT2D eigenvalue weighted by Crippen LogP contribution is -2.21. The van der Waals surface area contributed by atoms with Crippen molar-refractivity contribution in [3.05, 3.63) is 46.5 Å². The van der Waals surface area contributed by atoms with Gasteiger partial charge in [0.2, 0.25) is 11.9 Å². The molecule has 0 aliphatic heterocycles. The molecule has 0 amide bonds. The van der Waals surface area contributed by atoms with Crippen LogP contribution in [0.5, 0.6) is 0 Å². The molecule has 4 rings (SSSR count). The van der Waals surface area contributed by atoms with E-state index in [1.807, 2.05) is 13.8 Å². The van der Waals surface area contributed by atoms with Crippen LogP contribution in [0.4, 0.5) is 23.5 Å². The highest BCUT2D eigenvalue weighted by Crippen LogP contribution is 2.25. The third-order valence-corrected chi connectivity index (χ3v) is 6.02. The maximum atomic E-state index is 10.7. The summed E-state index contributed by atoms with van der Waals surface area (Å²) in [6.45, 7) is 13.7. The number of rotatable bonds is 5. The molecular formula is C26H38N10O2. The Hall–Kier alpha value is -4.42. The third-order valence-electron chi connectivity index (χ3n) is 6.02. The molecule has 4 aromatic rings. The molecule has 0 aliphatic carbocycles. The molecular weight excluding hydrogens is 484 g/mol. The van der Waals surface area contributed by atoms with Crippen molar-refractivity contribution in [3.63, 3.8) is 0 Å². The van der Waals surface area contributed by atoms with Crippen molar-refractivity contribution in [3.8, 4) is 0 Å². The highest BCUT2D eigenvalue weighted by Gasteiger charge is 2.10. The first-order valence-corrected chi connectivity index (χ1v) is 11.9. The first-order valence-electron chi connectivity index (χ1n) is 11.9. The smallest absolute Gasteiger partial charge is 0.222 e. The Morgan fingerprint density at radius 3 is 1.26 bits per heavy atom. The number of carbonyl (C=O) groups is 2. The number of nitrogens with zero attached hydrogens (tertiary/aromatic N) is 5. The summed E-state index contributed by atoms with van der Waals surface area (Å²) in [6.07, 6.45) is 1.56. The summed E-state index contributed by atoms with van der Waals surface area (Å²) in [5, 5.41) is 1.38. The predicted octanol–water partition coefficient (Wildman–Crippen LogP) is 3.34. The summed E-state index contributed by atoms with van der Waals surface area (Å²) in [5.41, 5.74) is 26.5. The molecule has 0 fully saturated rings. The van der Waals surface area contributed by atoms with Crippen molar-refractivity contribution < 1.29 is 9.59 Å². The monoisotopic (exact) mass is 522 g/mol. The summed E-state index contributed by atoms with van der Waals surface area (Å²) in [7, 11) is 0. The van der Waals surface area contributed by atoms with Crippen LogP contribution in [0.15, 0.2) is 24.3 Å². The van der Waals surface area contributed by atoms with Gasteiger partial charge in [0.15, 0.2) is 0 Å². The first kappa shape index (κ1) is 31.6. The van der Waals surface area contributed by atoms with Gasteiger partial charge in [-0.15, -0.1) is 0 Å². The standard InChI is InChI=1S/2C10H10N4O.C6H15N.H3N/c2*1-5-6(4-15)2-3-7-8(5)9(11)14-10(12)13-7;1-4-7(5-2)6-3;/h2*2-4H,1H3,(H4,11,12,13,14);4-6H2,1-3H3;1H3. The Morgan fingerprint density at radius 2 is 1.00 bits per heavy atom. The maximum Gasteiger partial charge on any atom is 0.222 e. The van der Waals surface area contributed by atoms with Gasteiger partial charge in [0.1, 0.15) is 24.2 Å². The number of aromatic nitrogens is 4. The molecule has 0 bridgehead atoms. The number of benzene rings is 2. The van der Waals surface area contributed by atoms with Crippen molar-refractivity contribution in [2.75, 3.05) is 42.6 Å². The highest BCUT2D eigenvalue weighted by molar-refractivity contribution is 5.98. The van der Waals surface area contributed by atoms with Crippen LogP contribution in [-0.4, -0.2) is 57.0 Å². The molecule has 11 N–H and O–H groups in total. The molecule has 12 heteroatoms. The fourth-order valence-electron chi connectivity index (χ4n) is 3.84. The topological polar surface area (TPSA) is 228 Å². The van der Waals surface area contributed by atoms with Crippen molar-refractivity contribution in [2.45, 2.75) is 34.6 Å². The Morgan fingerprint density at radius 1 is 0.658 bits per heavy atom. The molecule has 2 heterocycles. The summed E-state index contributed by atoms with van der Waals surface area (Å²) < 4.78 is 0. The summed E-state index contributed by atoms with van der Waals surface area (Å²) in [4.78, 5) is 39.7. The summed E-state index contributed by atoms with van der Waals surface area (Å²) in [6, 6.07) is 6.80. The molecule has 2 aromatic carbocycles. The number of carbonyl (C=O) groups excluding carboxylic acids is 2. The van der Waals surface area contributed by atoms with Gasteiger partial charge in [-0.2, -0.15) is 9.97 Å². The lowest BCUT2D eigenvalue weighted by molar-refractivity contribution is 0.111. The zero-order chi connectivity index (χ0) is 27.7. The lowest BCUT2D eigenvalue weighted by atomic mass is 10.0. The Bertz CT molecular complexity index is 1300. The van der Waals surface area contributed by atoms with Crippen LogP contribution in [0.25, 0.3) is 21.8 Å². The molecule has 0 saturated heterocycles. The number of aldehydes is 2. The fraction of sp³-hybridized carbons (Fsp3) is 0.308. The van der Waals surface area contributed by atoms with Crippen molar-refractivity contribution in [2.24, 2.45) is 0 Å². The van der Waals surface area contributed by atoms with Crippen LogP contribution in [0.1, 0.15) is 52.6 Å².